The van der Waals surface area contributed by atoms with Crippen molar-refractivity contribution in [2.24, 2.45) is 5.92 Å². The Bertz CT molecular complexity index is 416. The molecule has 0 radical (unpaired) electrons. The van der Waals surface area contributed by atoms with E-state index in [1.54, 1.807) is 0 Å². The summed E-state index contributed by atoms with van der Waals surface area (Å²) in [5, 5.41) is 3.58. The molecule has 4 heteroatoms. The largest absolute Gasteiger partial charge is 0.398 e. The summed E-state index contributed by atoms with van der Waals surface area (Å²) in [5.74, 6) is 0.710. The van der Waals surface area contributed by atoms with Gasteiger partial charge < -0.3 is 15.8 Å². The lowest BCUT2D eigenvalue weighted by molar-refractivity contribution is 0.0123. The van der Waals surface area contributed by atoms with Gasteiger partial charge in [0.1, 0.15) is 0 Å². The number of hydrogen-bond donors (Lipinski definition) is 2. The van der Waals surface area contributed by atoms with E-state index in [2.05, 4.69) is 30.1 Å². The number of morpholine rings is 1. The fourth-order valence-corrected chi connectivity index (χ4v) is 2.92. The second-order valence-corrected chi connectivity index (χ2v) is 6.26. The van der Waals surface area contributed by atoms with Crippen molar-refractivity contribution in [2.75, 3.05) is 38.6 Å². The molecule has 1 fully saturated rings. The SMILES string of the molecule is CC(C)CC(CNCc1ccccc1N)N1CCOCC1. The molecule has 3 N–H and O–H groups in total. The van der Waals surface area contributed by atoms with E-state index in [1.807, 2.05) is 18.2 Å². The van der Waals surface area contributed by atoms with E-state index in [1.165, 1.54) is 12.0 Å². The number of hydrogen-bond acceptors (Lipinski definition) is 4. The molecule has 1 aromatic carbocycles. The van der Waals surface area contributed by atoms with Crippen molar-refractivity contribution in [3.63, 3.8) is 0 Å². The van der Waals surface area contributed by atoms with Crippen LogP contribution in [0.15, 0.2) is 24.3 Å². The van der Waals surface area contributed by atoms with Gasteiger partial charge in [0.2, 0.25) is 0 Å². The van der Waals surface area contributed by atoms with Crippen LogP contribution < -0.4 is 11.1 Å². The van der Waals surface area contributed by atoms with Gasteiger partial charge in [0.15, 0.2) is 0 Å². The van der Waals surface area contributed by atoms with E-state index >= 15 is 0 Å². The molecule has 0 amide bonds. The molecule has 21 heavy (non-hydrogen) atoms. The number of ether oxygens (including phenoxy) is 1. The second-order valence-electron chi connectivity index (χ2n) is 6.26. The monoisotopic (exact) mass is 291 g/mol. The van der Waals surface area contributed by atoms with Crippen molar-refractivity contribution in [2.45, 2.75) is 32.9 Å². The minimum absolute atomic E-state index is 0.582. The minimum Gasteiger partial charge on any atom is -0.398 e. The number of rotatable bonds is 7. The van der Waals surface area contributed by atoms with E-state index < -0.39 is 0 Å². The van der Waals surface area contributed by atoms with Gasteiger partial charge in [-0.1, -0.05) is 32.0 Å². The molecule has 0 aliphatic carbocycles. The van der Waals surface area contributed by atoms with Gasteiger partial charge in [0.05, 0.1) is 13.2 Å². The first kappa shape index (κ1) is 16.3. The summed E-state index contributed by atoms with van der Waals surface area (Å²) < 4.78 is 5.47. The summed E-state index contributed by atoms with van der Waals surface area (Å²) in [6, 6.07) is 8.66. The molecule has 118 valence electrons. The maximum Gasteiger partial charge on any atom is 0.0594 e. The van der Waals surface area contributed by atoms with Gasteiger partial charge in [-0.3, -0.25) is 4.90 Å². The van der Waals surface area contributed by atoms with Crippen LogP contribution in [0.1, 0.15) is 25.8 Å². The summed E-state index contributed by atoms with van der Waals surface area (Å²) in [7, 11) is 0. The van der Waals surface area contributed by atoms with Crippen LogP contribution in [0.5, 0.6) is 0 Å². The molecule has 0 saturated carbocycles. The summed E-state index contributed by atoms with van der Waals surface area (Å²) in [6.45, 7) is 10.3. The van der Waals surface area contributed by atoms with E-state index in [-0.39, 0.29) is 0 Å². The van der Waals surface area contributed by atoms with Crippen LogP contribution in [0.3, 0.4) is 0 Å². The number of para-hydroxylation sites is 1. The standard InChI is InChI=1S/C17H29N3O/c1-14(2)11-16(20-7-9-21-10-8-20)13-19-12-15-5-3-4-6-17(15)18/h3-6,14,16,19H,7-13,18H2,1-2H3. The van der Waals surface area contributed by atoms with Crippen LogP contribution in [0.2, 0.25) is 0 Å². The number of nitrogens with two attached hydrogens (primary N) is 1. The Balaban J connectivity index is 1.85. The van der Waals surface area contributed by atoms with Gasteiger partial charge in [-0.2, -0.15) is 0 Å². The fraction of sp³-hybridized carbons (Fsp3) is 0.647. The Morgan fingerprint density at radius 1 is 1.24 bits per heavy atom. The molecule has 1 atom stereocenters. The number of benzene rings is 1. The lowest BCUT2D eigenvalue weighted by Gasteiger charge is -2.35. The molecule has 1 saturated heterocycles. The van der Waals surface area contributed by atoms with E-state index in [0.717, 1.165) is 45.1 Å². The van der Waals surface area contributed by atoms with Crippen LogP contribution >= 0.6 is 0 Å². The third-order valence-corrected chi connectivity index (χ3v) is 4.06. The van der Waals surface area contributed by atoms with Crippen molar-refractivity contribution in [3.05, 3.63) is 29.8 Å². The molecule has 4 nitrogen and oxygen atoms in total. The highest BCUT2D eigenvalue weighted by Crippen LogP contribution is 2.14. The van der Waals surface area contributed by atoms with Crippen molar-refractivity contribution >= 4 is 5.69 Å². The molecule has 2 rings (SSSR count). The highest BCUT2D eigenvalue weighted by molar-refractivity contribution is 5.46. The number of nitrogens with one attached hydrogen (secondary N) is 1. The molecule has 0 bridgehead atoms. The number of anilines is 1. The lowest BCUT2D eigenvalue weighted by atomic mass is 10.0. The Morgan fingerprint density at radius 2 is 1.95 bits per heavy atom. The molecule has 1 heterocycles. The highest BCUT2D eigenvalue weighted by atomic mass is 16.5. The Hall–Kier alpha value is -1.10. The van der Waals surface area contributed by atoms with Crippen LogP contribution in [-0.4, -0.2) is 43.8 Å². The highest BCUT2D eigenvalue weighted by Gasteiger charge is 2.21. The average Bonchev–Trinajstić information content (AvgIpc) is 2.49. The van der Waals surface area contributed by atoms with Crippen LogP contribution in [0.25, 0.3) is 0 Å². The molecule has 1 aliphatic heterocycles. The van der Waals surface area contributed by atoms with Gasteiger partial charge in [0.25, 0.3) is 0 Å². The van der Waals surface area contributed by atoms with Gasteiger partial charge in [-0.25, -0.2) is 0 Å². The zero-order chi connectivity index (χ0) is 15.1. The summed E-state index contributed by atoms with van der Waals surface area (Å²) >= 11 is 0. The molecule has 1 unspecified atom stereocenters. The fourth-order valence-electron chi connectivity index (χ4n) is 2.92. The summed E-state index contributed by atoms with van der Waals surface area (Å²) in [4.78, 5) is 2.56. The first-order valence-electron chi connectivity index (χ1n) is 8.02. The van der Waals surface area contributed by atoms with Crippen molar-refractivity contribution in [1.29, 1.82) is 0 Å². The topological polar surface area (TPSA) is 50.5 Å². The number of nitrogens with zero attached hydrogens (tertiary/aromatic N) is 1. The third kappa shape index (κ3) is 5.30. The van der Waals surface area contributed by atoms with Gasteiger partial charge >= 0.3 is 0 Å². The molecule has 1 aromatic rings. The predicted octanol–water partition coefficient (Wildman–Crippen LogP) is 2.11. The van der Waals surface area contributed by atoms with E-state index in [4.69, 9.17) is 10.5 Å². The lowest BCUT2D eigenvalue weighted by Crippen LogP contribution is -2.48. The van der Waals surface area contributed by atoms with Crippen LogP contribution in [0, 0.1) is 5.92 Å². The predicted molar refractivity (Wildman–Crippen MR) is 88.2 cm³/mol. The van der Waals surface area contributed by atoms with Crippen molar-refractivity contribution < 1.29 is 4.74 Å². The van der Waals surface area contributed by atoms with Gasteiger partial charge in [-0.15, -0.1) is 0 Å². The smallest absolute Gasteiger partial charge is 0.0594 e. The van der Waals surface area contributed by atoms with Gasteiger partial charge in [0, 0.05) is 37.9 Å². The van der Waals surface area contributed by atoms with Crippen LogP contribution in [-0.2, 0) is 11.3 Å². The third-order valence-electron chi connectivity index (χ3n) is 4.06. The molecular weight excluding hydrogens is 262 g/mol. The summed E-state index contributed by atoms with van der Waals surface area (Å²) in [5.41, 5.74) is 8.05. The molecule has 0 aromatic heterocycles. The molecule has 0 spiro atoms. The first-order chi connectivity index (χ1) is 10.2. The maximum absolute atomic E-state index is 5.99. The first-order valence-corrected chi connectivity index (χ1v) is 8.02. The summed E-state index contributed by atoms with van der Waals surface area (Å²) in [6.07, 6.45) is 1.22. The van der Waals surface area contributed by atoms with E-state index in [9.17, 15) is 0 Å². The molecular formula is C17H29N3O. The zero-order valence-electron chi connectivity index (χ0n) is 13.3. The normalized spacial score (nSPS) is 18.0. The van der Waals surface area contributed by atoms with E-state index in [0.29, 0.717) is 12.0 Å². The minimum atomic E-state index is 0.582. The zero-order valence-corrected chi connectivity index (χ0v) is 13.3. The second kappa shape index (κ2) is 8.37. The Kier molecular flexibility index (Phi) is 6.49. The van der Waals surface area contributed by atoms with Crippen LogP contribution in [0.4, 0.5) is 5.69 Å². The van der Waals surface area contributed by atoms with Gasteiger partial charge in [-0.05, 0) is 24.0 Å². The average molecular weight is 291 g/mol. The quantitative estimate of drug-likeness (QED) is 0.756. The van der Waals surface area contributed by atoms with Crippen molar-refractivity contribution in [3.8, 4) is 0 Å². The Labute approximate surface area is 128 Å². The number of nitrogen functional groups attached to an aromatic ring is 1. The van der Waals surface area contributed by atoms with Crippen molar-refractivity contribution in [1.82, 2.24) is 10.2 Å². The maximum atomic E-state index is 5.99. The Morgan fingerprint density at radius 3 is 2.62 bits per heavy atom. The molecule has 1 aliphatic rings.